The fourth-order valence-electron chi connectivity index (χ4n) is 1.53. The molecule has 0 saturated carbocycles. The van der Waals surface area contributed by atoms with Gasteiger partial charge >= 0.3 is 0 Å². The van der Waals surface area contributed by atoms with E-state index in [1.165, 1.54) is 24.4 Å². The number of anilines is 1. The Morgan fingerprint density at radius 3 is 2.71 bits per heavy atom. The highest BCUT2D eigenvalue weighted by atomic mass is 19.2. The van der Waals surface area contributed by atoms with Crippen molar-refractivity contribution in [3.8, 4) is 11.3 Å². The summed E-state index contributed by atoms with van der Waals surface area (Å²) in [4.78, 5) is 14.7. The van der Waals surface area contributed by atoms with Crippen LogP contribution in [0.2, 0.25) is 0 Å². The molecule has 17 heavy (non-hydrogen) atoms. The number of rotatable bonds is 2. The normalized spacial score (nSPS) is 10.2. The van der Waals surface area contributed by atoms with Crippen LogP contribution in [0.5, 0.6) is 0 Å². The van der Waals surface area contributed by atoms with E-state index in [9.17, 15) is 13.6 Å². The van der Waals surface area contributed by atoms with Gasteiger partial charge < -0.3 is 5.73 Å². The van der Waals surface area contributed by atoms with Gasteiger partial charge in [0.1, 0.15) is 0 Å². The van der Waals surface area contributed by atoms with Gasteiger partial charge in [-0.25, -0.2) is 8.78 Å². The summed E-state index contributed by atoms with van der Waals surface area (Å²) in [5.41, 5.74) is 5.62. The fourth-order valence-corrected chi connectivity index (χ4v) is 1.53. The second-order valence-corrected chi connectivity index (χ2v) is 3.38. The van der Waals surface area contributed by atoms with Crippen molar-refractivity contribution in [1.29, 1.82) is 0 Å². The lowest BCUT2D eigenvalue weighted by Gasteiger charge is -2.08. The topological polar surface area (TPSA) is 56.0 Å². The monoisotopic (exact) mass is 234 g/mol. The molecule has 0 fully saturated rings. The molecule has 0 radical (unpaired) electrons. The summed E-state index contributed by atoms with van der Waals surface area (Å²) in [7, 11) is 0. The number of halogens is 2. The molecule has 1 heterocycles. The van der Waals surface area contributed by atoms with E-state index in [1.807, 2.05) is 0 Å². The van der Waals surface area contributed by atoms with Crippen LogP contribution in [0, 0.1) is 11.6 Å². The van der Waals surface area contributed by atoms with Crippen molar-refractivity contribution in [2.45, 2.75) is 0 Å². The summed E-state index contributed by atoms with van der Waals surface area (Å²) >= 11 is 0. The number of hydrogen-bond acceptors (Lipinski definition) is 3. The quantitative estimate of drug-likeness (QED) is 0.641. The highest BCUT2D eigenvalue weighted by Crippen LogP contribution is 2.30. The number of pyridine rings is 1. The Balaban J connectivity index is 2.76. The summed E-state index contributed by atoms with van der Waals surface area (Å²) in [6.07, 6.45) is 1.90. The molecule has 0 unspecified atom stereocenters. The maximum atomic E-state index is 13.7. The minimum Gasteiger partial charge on any atom is -0.398 e. The summed E-state index contributed by atoms with van der Waals surface area (Å²) < 4.78 is 26.8. The first-order chi connectivity index (χ1) is 8.15. The molecular formula is C12H8F2N2O. The van der Waals surface area contributed by atoms with Gasteiger partial charge in [0.05, 0.1) is 11.3 Å². The molecule has 2 rings (SSSR count). The molecular weight excluding hydrogens is 226 g/mol. The molecule has 0 spiro atoms. The molecule has 0 saturated heterocycles. The number of benzene rings is 1. The van der Waals surface area contributed by atoms with E-state index in [1.54, 1.807) is 0 Å². The maximum absolute atomic E-state index is 13.7. The van der Waals surface area contributed by atoms with Crippen LogP contribution in [0.3, 0.4) is 0 Å². The first-order valence-electron chi connectivity index (χ1n) is 4.79. The first kappa shape index (κ1) is 11.2. The van der Waals surface area contributed by atoms with Crippen LogP contribution >= 0.6 is 0 Å². The van der Waals surface area contributed by atoms with E-state index in [4.69, 9.17) is 5.73 Å². The molecule has 3 nitrogen and oxygen atoms in total. The van der Waals surface area contributed by atoms with Crippen molar-refractivity contribution in [3.05, 3.63) is 47.7 Å². The Kier molecular flexibility index (Phi) is 2.82. The highest BCUT2D eigenvalue weighted by molar-refractivity contribution is 5.89. The van der Waals surface area contributed by atoms with E-state index >= 15 is 0 Å². The molecule has 1 aromatic heterocycles. The Labute approximate surface area is 95.9 Å². The standard InChI is InChI=1S/C12H8F2N2O/c13-8-3-4-9(15)10(11(8)14)12-7(6-17)2-1-5-16-12/h1-6H,15H2. The Morgan fingerprint density at radius 1 is 1.24 bits per heavy atom. The van der Waals surface area contributed by atoms with Crippen molar-refractivity contribution in [3.63, 3.8) is 0 Å². The third-order valence-corrected chi connectivity index (χ3v) is 2.33. The van der Waals surface area contributed by atoms with Crippen LogP contribution in [0.25, 0.3) is 11.3 Å². The molecule has 0 atom stereocenters. The lowest BCUT2D eigenvalue weighted by atomic mass is 10.0. The lowest BCUT2D eigenvalue weighted by Crippen LogP contribution is -2.00. The van der Waals surface area contributed by atoms with Crippen LogP contribution in [0.4, 0.5) is 14.5 Å². The van der Waals surface area contributed by atoms with Gasteiger partial charge in [0.25, 0.3) is 0 Å². The lowest BCUT2D eigenvalue weighted by molar-refractivity contribution is 0.112. The van der Waals surface area contributed by atoms with Crippen LogP contribution in [-0.2, 0) is 0 Å². The second-order valence-electron chi connectivity index (χ2n) is 3.38. The van der Waals surface area contributed by atoms with Crippen molar-refractivity contribution < 1.29 is 13.6 Å². The van der Waals surface area contributed by atoms with Gasteiger partial charge in [0.15, 0.2) is 17.9 Å². The fraction of sp³-hybridized carbons (Fsp3) is 0. The van der Waals surface area contributed by atoms with Gasteiger partial charge in [-0.05, 0) is 24.3 Å². The van der Waals surface area contributed by atoms with Crippen molar-refractivity contribution in [1.82, 2.24) is 4.98 Å². The molecule has 0 aliphatic carbocycles. The zero-order valence-corrected chi connectivity index (χ0v) is 8.65. The number of nitrogen functional groups attached to an aromatic ring is 1. The number of nitrogens with two attached hydrogens (primary N) is 1. The van der Waals surface area contributed by atoms with E-state index in [-0.39, 0.29) is 22.5 Å². The Hall–Kier alpha value is -2.30. The summed E-state index contributed by atoms with van der Waals surface area (Å²) in [5.74, 6) is -2.14. The molecule has 2 aromatic rings. The van der Waals surface area contributed by atoms with Crippen molar-refractivity contribution in [2.75, 3.05) is 5.73 Å². The van der Waals surface area contributed by atoms with Crippen LogP contribution < -0.4 is 5.73 Å². The number of aldehydes is 1. The smallest absolute Gasteiger partial charge is 0.170 e. The number of hydrogen-bond donors (Lipinski definition) is 1. The minimum absolute atomic E-state index is 0.0331. The third kappa shape index (κ3) is 1.87. The first-order valence-corrected chi connectivity index (χ1v) is 4.79. The highest BCUT2D eigenvalue weighted by Gasteiger charge is 2.17. The van der Waals surface area contributed by atoms with E-state index in [0.29, 0.717) is 6.29 Å². The molecule has 0 amide bonds. The zero-order chi connectivity index (χ0) is 12.4. The zero-order valence-electron chi connectivity index (χ0n) is 8.65. The predicted molar refractivity (Wildman–Crippen MR) is 59.4 cm³/mol. The van der Waals surface area contributed by atoms with E-state index in [2.05, 4.69) is 4.98 Å². The molecule has 2 N–H and O–H groups in total. The van der Waals surface area contributed by atoms with Crippen LogP contribution in [-0.4, -0.2) is 11.3 Å². The van der Waals surface area contributed by atoms with Crippen LogP contribution in [0.1, 0.15) is 10.4 Å². The van der Waals surface area contributed by atoms with Gasteiger partial charge in [-0.3, -0.25) is 9.78 Å². The van der Waals surface area contributed by atoms with Crippen molar-refractivity contribution in [2.24, 2.45) is 0 Å². The molecule has 1 aromatic carbocycles. The predicted octanol–water partition coefficient (Wildman–Crippen LogP) is 2.42. The summed E-state index contributed by atoms with van der Waals surface area (Å²) in [6.45, 7) is 0. The van der Waals surface area contributed by atoms with Gasteiger partial charge in [0, 0.05) is 17.4 Å². The van der Waals surface area contributed by atoms with Crippen molar-refractivity contribution >= 4 is 12.0 Å². The molecule has 0 aliphatic heterocycles. The van der Waals surface area contributed by atoms with Gasteiger partial charge in [-0.1, -0.05) is 0 Å². The molecule has 5 heteroatoms. The van der Waals surface area contributed by atoms with E-state index < -0.39 is 11.6 Å². The molecule has 86 valence electrons. The largest absolute Gasteiger partial charge is 0.398 e. The summed E-state index contributed by atoms with van der Waals surface area (Å²) in [5, 5.41) is 0. The molecule has 0 aliphatic rings. The Bertz CT molecular complexity index is 585. The van der Waals surface area contributed by atoms with Gasteiger partial charge in [-0.2, -0.15) is 0 Å². The van der Waals surface area contributed by atoms with Gasteiger partial charge in [0.2, 0.25) is 0 Å². The second kappa shape index (κ2) is 4.29. The number of carbonyl (C=O) groups is 1. The third-order valence-electron chi connectivity index (χ3n) is 2.33. The molecule has 0 bridgehead atoms. The Morgan fingerprint density at radius 2 is 2.00 bits per heavy atom. The average Bonchev–Trinajstić information content (AvgIpc) is 2.35. The van der Waals surface area contributed by atoms with Gasteiger partial charge in [-0.15, -0.1) is 0 Å². The number of nitrogens with zero attached hydrogens (tertiary/aromatic N) is 1. The number of aromatic nitrogens is 1. The summed E-state index contributed by atoms with van der Waals surface area (Å²) in [6, 6.07) is 5.15. The number of carbonyl (C=O) groups excluding carboxylic acids is 1. The van der Waals surface area contributed by atoms with E-state index in [0.717, 1.165) is 6.07 Å². The SMILES string of the molecule is Nc1ccc(F)c(F)c1-c1ncccc1C=O. The van der Waals surface area contributed by atoms with Crippen LogP contribution in [0.15, 0.2) is 30.5 Å². The maximum Gasteiger partial charge on any atom is 0.170 e. The average molecular weight is 234 g/mol. The minimum atomic E-state index is -1.10.